The molecule has 2 aromatic rings. The minimum Gasteiger partial charge on any atom is -0.370 e. The number of rotatable bonds is 8. The van der Waals surface area contributed by atoms with Gasteiger partial charge in [-0.3, -0.25) is 14.5 Å². The van der Waals surface area contributed by atoms with Crippen LogP contribution in [0.3, 0.4) is 0 Å². The lowest BCUT2D eigenvalue weighted by molar-refractivity contribution is -0.133. The molecule has 2 N–H and O–H groups in total. The Morgan fingerprint density at radius 1 is 1.04 bits per heavy atom. The molecule has 5 heteroatoms. The number of hydrogen-bond donors (Lipinski definition) is 1. The van der Waals surface area contributed by atoms with Crippen LogP contribution in [0.4, 0.5) is 0 Å². The molecule has 0 aliphatic carbocycles. The van der Waals surface area contributed by atoms with Crippen LogP contribution in [0.1, 0.15) is 36.4 Å². The van der Waals surface area contributed by atoms with Gasteiger partial charge in [-0.25, -0.2) is 0 Å². The van der Waals surface area contributed by atoms with Gasteiger partial charge in [-0.2, -0.15) is 0 Å². The number of hydrogen-bond acceptors (Lipinski definition) is 3. The molecule has 3 rings (SSSR count). The Morgan fingerprint density at radius 3 is 2.37 bits per heavy atom. The van der Waals surface area contributed by atoms with Crippen molar-refractivity contribution in [3.8, 4) is 0 Å². The van der Waals surface area contributed by atoms with Crippen molar-refractivity contribution in [2.24, 2.45) is 5.73 Å². The second-order valence-corrected chi connectivity index (χ2v) is 7.06. The van der Waals surface area contributed by atoms with E-state index in [4.69, 9.17) is 5.73 Å². The number of likely N-dealkylation sites (tertiary alicyclic amines) is 1. The van der Waals surface area contributed by atoms with Crippen LogP contribution in [0, 0.1) is 0 Å². The first-order valence-corrected chi connectivity index (χ1v) is 9.52. The molecular formula is C22H27N3O2. The Labute approximate surface area is 160 Å². The number of benzene rings is 2. The number of carbonyl (C=O) groups is 2. The van der Waals surface area contributed by atoms with Gasteiger partial charge in [-0.05, 0) is 30.5 Å². The van der Waals surface area contributed by atoms with Crippen LogP contribution in [-0.2, 0) is 16.1 Å². The molecule has 1 fully saturated rings. The molecule has 0 saturated carbocycles. The molecule has 0 spiro atoms. The van der Waals surface area contributed by atoms with Crippen molar-refractivity contribution >= 4 is 11.8 Å². The van der Waals surface area contributed by atoms with Crippen LogP contribution in [0.15, 0.2) is 60.7 Å². The number of amides is 2. The molecule has 1 atom stereocenters. The minimum atomic E-state index is -0.385. The van der Waals surface area contributed by atoms with Crippen LogP contribution >= 0.6 is 0 Å². The molecule has 0 radical (unpaired) electrons. The van der Waals surface area contributed by atoms with Gasteiger partial charge in [0.15, 0.2) is 0 Å². The van der Waals surface area contributed by atoms with E-state index in [0.29, 0.717) is 19.6 Å². The third kappa shape index (κ3) is 5.41. The summed E-state index contributed by atoms with van der Waals surface area (Å²) < 4.78 is 0. The van der Waals surface area contributed by atoms with E-state index in [1.54, 1.807) is 4.90 Å². The van der Waals surface area contributed by atoms with E-state index >= 15 is 0 Å². The zero-order valence-electron chi connectivity index (χ0n) is 15.6. The standard InChI is InChI=1S/C22H27N3O2/c23-21(26)13-15-25(16-18-8-3-1-4-9-18)22(27)17-24-14-7-12-20(24)19-10-5-2-6-11-19/h1-6,8-11,20H,7,12-17H2,(H2,23,26). The number of primary amides is 1. The maximum absolute atomic E-state index is 13.0. The highest BCUT2D eigenvalue weighted by Gasteiger charge is 2.29. The van der Waals surface area contributed by atoms with E-state index in [9.17, 15) is 9.59 Å². The summed E-state index contributed by atoms with van der Waals surface area (Å²) in [4.78, 5) is 28.3. The van der Waals surface area contributed by atoms with Crippen molar-refractivity contribution in [2.75, 3.05) is 19.6 Å². The Hall–Kier alpha value is -2.66. The number of carbonyl (C=O) groups excluding carboxylic acids is 2. The van der Waals surface area contributed by atoms with Gasteiger partial charge in [0, 0.05) is 25.6 Å². The topological polar surface area (TPSA) is 66.6 Å². The molecule has 1 saturated heterocycles. The molecule has 0 aromatic heterocycles. The van der Waals surface area contributed by atoms with Crippen molar-refractivity contribution in [3.63, 3.8) is 0 Å². The van der Waals surface area contributed by atoms with E-state index in [0.717, 1.165) is 24.9 Å². The fourth-order valence-corrected chi connectivity index (χ4v) is 3.68. The molecular weight excluding hydrogens is 338 g/mol. The highest BCUT2D eigenvalue weighted by Crippen LogP contribution is 2.31. The third-order valence-electron chi connectivity index (χ3n) is 5.08. The predicted octanol–water partition coefficient (Wildman–Crippen LogP) is 2.73. The Balaban J connectivity index is 1.68. The molecule has 1 aliphatic rings. The summed E-state index contributed by atoms with van der Waals surface area (Å²) in [6, 6.07) is 20.5. The van der Waals surface area contributed by atoms with Gasteiger partial charge in [-0.1, -0.05) is 60.7 Å². The molecule has 1 aliphatic heterocycles. The quantitative estimate of drug-likeness (QED) is 0.782. The molecule has 27 heavy (non-hydrogen) atoms. The molecule has 142 valence electrons. The first-order valence-electron chi connectivity index (χ1n) is 9.52. The molecule has 5 nitrogen and oxygen atoms in total. The molecule has 2 amide bonds. The number of nitrogens with zero attached hydrogens (tertiary/aromatic N) is 2. The van der Waals surface area contributed by atoms with Gasteiger partial charge < -0.3 is 10.6 Å². The Bertz CT molecular complexity index is 749. The molecule has 0 bridgehead atoms. The normalized spacial score (nSPS) is 17.0. The van der Waals surface area contributed by atoms with E-state index in [-0.39, 0.29) is 24.3 Å². The SMILES string of the molecule is NC(=O)CCN(Cc1ccccc1)C(=O)CN1CCCC1c1ccccc1. The van der Waals surface area contributed by atoms with Crippen molar-refractivity contribution in [3.05, 3.63) is 71.8 Å². The zero-order valence-corrected chi connectivity index (χ0v) is 15.6. The lowest BCUT2D eigenvalue weighted by Crippen LogP contribution is -2.41. The molecule has 1 unspecified atom stereocenters. The highest BCUT2D eigenvalue weighted by atomic mass is 16.2. The van der Waals surface area contributed by atoms with Gasteiger partial charge in [0.1, 0.15) is 0 Å². The van der Waals surface area contributed by atoms with Gasteiger partial charge >= 0.3 is 0 Å². The van der Waals surface area contributed by atoms with Gasteiger partial charge in [0.05, 0.1) is 6.54 Å². The Kier molecular flexibility index (Phi) is 6.60. The average molecular weight is 365 g/mol. The third-order valence-corrected chi connectivity index (χ3v) is 5.08. The summed E-state index contributed by atoms with van der Waals surface area (Å²) in [5.41, 5.74) is 7.62. The van der Waals surface area contributed by atoms with Gasteiger partial charge in [0.25, 0.3) is 0 Å². The fourth-order valence-electron chi connectivity index (χ4n) is 3.68. The second-order valence-electron chi connectivity index (χ2n) is 7.06. The number of nitrogens with two attached hydrogens (primary N) is 1. The summed E-state index contributed by atoms with van der Waals surface area (Å²) in [6.45, 7) is 2.13. The molecule has 1 heterocycles. The van der Waals surface area contributed by atoms with Crippen molar-refractivity contribution < 1.29 is 9.59 Å². The Morgan fingerprint density at radius 2 is 1.70 bits per heavy atom. The smallest absolute Gasteiger partial charge is 0.237 e. The van der Waals surface area contributed by atoms with Crippen molar-refractivity contribution in [1.29, 1.82) is 0 Å². The van der Waals surface area contributed by atoms with Crippen LogP contribution in [-0.4, -0.2) is 41.2 Å². The molecule has 2 aromatic carbocycles. The lowest BCUT2D eigenvalue weighted by atomic mass is 10.0. The van der Waals surface area contributed by atoms with Crippen LogP contribution in [0.25, 0.3) is 0 Å². The summed E-state index contributed by atoms with van der Waals surface area (Å²) in [5, 5.41) is 0. The van der Waals surface area contributed by atoms with Crippen molar-refractivity contribution in [2.45, 2.75) is 31.8 Å². The largest absolute Gasteiger partial charge is 0.370 e. The van der Waals surface area contributed by atoms with Gasteiger partial charge in [0.2, 0.25) is 11.8 Å². The van der Waals surface area contributed by atoms with E-state index in [1.165, 1.54) is 5.56 Å². The second kappa shape index (κ2) is 9.33. The van der Waals surface area contributed by atoms with Crippen LogP contribution in [0.2, 0.25) is 0 Å². The minimum absolute atomic E-state index is 0.0444. The first-order chi connectivity index (χ1) is 13.1. The van der Waals surface area contributed by atoms with E-state index in [2.05, 4.69) is 17.0 Å². The van der Waals surface area contributed by atoms with E-state index in [1.807, 2.05) is 48.5 Å². The maximum atomic E-state index is 13.0. The van der Waals surface area contributed by atoms with Crippen molar-refractivity contribution in [1.82, 2.24) is 9.80 Å². The predicted molar refractivity (Wildman–Crippen MR) is 106 cm³/mol. The highest BCUT2D eigenvalue weighted by molar-refractivity contribution is 5.80. The van der Waals surface area contributed by atoms with Gasteiger partial charge in [-0.15, -0.1) is 0 Å². The summed E-state index contributed by atoms with van der Waals surface area (Å²) in [6.07, 6.45) is 2.34. The summed E-state index contributed by atoms with van der Waals surface area (Å²) in [5.74, 6) is -0.341. The average Bonchev–Trinajstić information content (AvgIpc) is 3.14. The van der Waals surface area contributed by atoms with E-state index < -0.39 is 0 Å². The van der Waals surface area contributed by atoms with Crippen LogP contribution < -0.4 is 5.73 Å². The zero-order chi connectivity index (χ0) is 19.1. The van der Waals surface area contributed by atoms with Crippen LogP contribution in [0.5, 0.6) is 0 Å². The fraction of sp³-hybridized carbons (Fsp3) is 0.364. The first kappa shape index (κ1) is 19.1. The lowest BCUT2D eigenvalue weighted by Gasteiger charge is -2.28. The maximum Gasteiger partial charge on any atom is 0.237 e. The summed E-state index contributed by atoms with van der Waals surface area (Å²) in [7, 11) is 0. The summed E-state index contributed by atoms with van der Waals surface area (Å²) >= 11 is 0. The monoisotopic (exact) mass is 365 g/mol.